The Kier molecular flexibility index (Phi) is 7.50. The van der Waals surface area contributed by atoms with E-state index in [1.165, 1.54) is 11.1 Å². The average Bonchev–Trinajstić information content (AvgIpc) is 2.94. The molecule has 5 rings (SSSR count). The Morgan fingerprint density at radius 3 is 2.49 bits per heavy atom. The van der Waals surface area contributed by atoms with Crippen LogP contribution >= 0.6 is 0 Å². The standard InChI is InChI=1S/C32H35NO4/c1-3-5-21-36-29-14-12-27(23-30(29)35-4-2)31(34)33-19-17-32(18-20-33)16-15-26-22-25(11-13-28(26)37-32)24-9-7-6-8-10-24/h6-16,22-23H,3-5,17-21H2,1-2H3. The second kappa shape index (κ2) is 11.1. The summed E-state index contributed by atoms with van der Waals surface area (Å²) in [6, 6.07) is 22.2. The van der Waals surface area contributed by atoms with E-state index in [9.17, 15) is 4.79 Å². The second-order valence-electron chi connectivity index (χ2n) is 9.71. The van der Waals surface area contributed by atoms with E-state index >= 15 is 0 Å². The van der Waals surface area contributed by atoms with Gasteiger partial charge in [0.05, 0.1) is 13.2 Å². The normalized spacial score (nSPS) is 15.7. The minimum atomic E-state index is -0.370. The zero-order valence-corrected chi connectivity index (χ0v) is 21.7. The van der Waals surface area contributed by atoms with Crippen LogP contribution in [-0.2, 0) is 0 Å². The Balaban J connectivity index is 1.24. The van der Waals surface area contributed by atoms with Gasteiger partial charge >= 0.3 is 0 Å². The van der Waals surface area contributed by atoms with Gasteiger partial charge in [-0.15, -0.1) is 0 Å². The molecule has 2 aliphatic heterocycles. The highest BCUT2D eigenvalue weighted by atomic mass is 16.5. The van der Waals surface area contributed by atoms with Crippen molar-refractivity contribution in [1.29, 1.82) is 0 Å². The molecule has 0 unspecified atom stereocenters. The lowest BCUT2D eigenvalue weighted by Crippen LogP contribution is -2.49. The van der Waals surface area contributed by atoms with Gasteiger partial charge in [-0.05, 0) is 60.9 Å². The van der Waals surface area contributed by atoms with Crippen molar-refractivity contribution < 1.29 is 19.0 Å². The van der Waals surface area contributed by atoms with Crippen LogP contribution in [0.15, 0.2) is 72.8 Å². The third-order valence-electron chi connectivity index (χ3n) is 7.14. The third kappa shape index (κ3) is 5.51. The number of amides is 1. The highest BCUT2D eigenvalue weighted by Gasteiger charge is 2.38. The number of fused-ring (bicyclic) bond motifs is 1. The van der Waals surface area contributed by atoms with Crippen LogP contribution < -0.4 is 14.2 Å². The van der Waals surface area contributed by atoms with Crippen molar-refractivity contribution in [2.24, 2.45) is 0 Å². The fourth-order valence-corrected chi connectivity index (χ4v) is 4.97. The summed E-state index contributed by atoms with van der Waals surface area (Å²) in [6.07, 6.45) is 7.92. The molecule has 0 saturated carbocycles. The quantitative estimate of drug-likeness (QED) is 0.314. The number of ether oxygens (including phenoxy) is 3. The Labute approximate surface area is 219 Å². The molecular weight excluding hydrogens is 462 g/mol. The van der Waals surface area contributed by atoms with E-state index in [2.05, 4.69) is 61.5 Å². The molecule has 1 amide bonds. The lowest BCUT2D eigenvalue weighted by molar-refractivity contribution is 0.0329. The molecule has 1 fully saturated rings. The van der Waals surface area contributed by atoms with Crippen LogP contribution in [0.5, 0.6) is 17.2 Å². The molecule has 0 atom stereocenters. The first kappa shape index (κ1) is 24.9. The molecule has 0 aliphatic carbocycles. The van der Waals surface area contributed by atoms with Crippen molar-refractivity contribution in [2.75, 3.05) is 26.3 Å². The van der Waals surface area contributed by atoms with Crippen LogP contribution in [0.2, 0.25) is 0 Å². The van der Waals surface area contributed by atoms with Gasteiger partial charge < -0.3 is 19.1 Å². The third-order valence-corrected chi connectivity index (χ3v) is 7.14. The van der Waals surface area contributed by atoms with Crippen molar-refractivity contribution in [3.63, 3.8) is 0 Å². The summed E-state index contributed by atoms with van der Waals surface area (Å²) in [6.45, 7) is 6.51. The molecule has 0 radical (unpaired) electrons. The van der Waals surface area contributed by atoms with Gasteiger partial charge in [0.15, 0.2) is 11.5 Å². The van der Waals surface area contributed by atoms with Gasteiger partial charge in [0, 0.05) is 37.1 Å². The Morgan fingerprint density at radius 2 is 1.73 bits per heavy atom. The molecule has 2 heterocycles. The van der Waals surface area contributed by atoms with Crippen molar-refractivity contribution >= 4 is 12.0 Å². The topological polar surface area (TPSA) is 48.0 Å². The SMILES string of the molecule is CCCCOc1ccc(C(=O)N2CCC3(C=Cc4cc(-c5ccccc5)ccc4O3)CC2)cc1OCC. The summed E-state index contributed by atoms with van der Waals surface area (Å²) in [5, 5.41) is 0. The van der Waals surface area contributed by atoms with Gasteiger partial charge in [-0.25, -0.2) is 0 Å². The summed E-state index contributed by atoms with van der Waals surface area (Å²) in [5.74, 6) is 2.24. The zero-order chi connectivity index (χ0) is 25.7. The van der Waals surface area contributed by atoms with Crippen LogP contribution in [0.1, 0.15) is 55.5 Å². The Hall–Kier alpha value is -3.73. The maximum absolute atomic E-state index is 13.3. The Morgan fingerprint density at radius 1 is 0.919 bits per heavy atom. The molecule has 0 aromatic heterocycles. The molecule has 3 aromatic rings. The fourth-order valence-electron chi connectivity index (χ4n) is 4.97. The number of benzene rings is 3. The number of carbonyl (C=O) groups is 1. The maximum Gasteiger partial charge on any atom is 0.253 e. The van der Waals surface area contributed by atoms with Gasteiger partial charge in [0.1, 0.15) is 11.4 Å². The summed E-state index contributed by atoms with van der Waals surface area (Å²) in [7, 11) is 0. The number of hydrogen-bond acceptors (Lipinski definition) is 4. The molecule has 5 heteroatoms. The number of rotatable bonds is 8. The van der Waals surface area contributed by atoms with E-state index in [0.717, 1.165) is 37.0 Å². The van der Waals surface area contributed by atoms with E-state index in [4.69, 9.17) is 14.2 Å². The number of carbonyl (C=O) groups excluding carboxylic acids is 1. The first-order valence-electron chi connectivity index (χ1n) is 13.4. The number of nitrogens with zero attached hydrogens (tertiary/aromatic N) is 1. The predicted molar refractivity (Wildman–Crippen MR) is 147 cm³/mol. The molecular formula is C32H35NO4. The molecule has 1 saturated heterocycles. The number of piperidine rings is 1. The smallest absolute Gasteiger partial charge is 0.253 e. The molecule has 192 valence electrons. The monoisotopic (exact) mass is 497 g/mol. The van der Waals surface area contributed by atoms with Crippen molar-refractivity contribution in [3.05, 3.63) is 83.9 Å². The first-order chi connectivity index (χ1) is 18.1. The average molecular weight is 498 g/mol. The summed E-state index contributed by atoms with van der Waals surface area (Å²) in [4.78, 5) is 15.3. The number of unbranched alkanes of at least 4 members (excludes halogenated alkanes) is 1. The molecule has 3 aromatic carbocycles. The molecule has 1 spiro atoms. The van der Waals surface area contributed by atoms with Crippen LogP contribution in [0, 0.1) is 0 Å². The van der Waals surface area contributed by atoms with E-state index < -0.39 is 0 Å². The van der Waals surface area contributed by atoms with E-state index in [1.54, 1.807) is 0 Å². The van der Waals surface area contributed by atoms with Crippen molar-refractivity contribution in [1.82, 2.24) is 4.90 Å². The van der Waals surface area contributed by atoms with E-state index in [1.807, 2.05) is 36.1 Å². The highest BCUT2D eigenvalue weighted by molar-refractivity contribution is 5.95. The largest absolute Gasteiger partial charge is 0.490 e. The molecule has 0 N–H and O–H groups in total. The molecule has 5 nitrogen and oxygen atoms in total. The van der Waals surface area contributed by atoms with Gasteiger partial charge in [0.2, 0.25) is 0 Å². The van der Waals surface area contributed by atoms with Gasteiger partial charge in [-0.2, -0.15) is 0 Å². The molecule has 37 heavy (non-hydrogen) atoms. The first-order valence-corrected chi connectivity index (χ1v) is 13.4. The zero-order valence-electron chi connectivity index (χ0n) is 21.7. The molecule has 2 aliphatic rings. The number of hydrogen-bond donors (Lipinski definition) is 0. The van der Waals surface area contributed by atoms with Crippen LogP contribution in [0.3, 0.4) is 0 Å². The van der Waals surface area contributed by atoms with Crippen LogP contribution in [0.25, 0.3) is 17.2 Å². The predicted octanol–water partition coefficient (Wildman–Crippen LogP) is 7.01. The molecule has 0 bridgehead atoms. The lowest BCUT2D eigenvalue weighted by atomic mass is 9.87. The van der Waals surface area contributed by atoms with Crippen molar-refractivity contribution in [3.8, 4) is 28.4 Å². The second-order valence-corrected chi connectivity index (χ2v) is 9.71. The van der Waals surface area contributed by atoms with E-state index in [0.29, 0.717) is 43.4 Å². The Bertz CT molecular complexity index is 1260. The van der Waals surface area contributed by atoms with E-state index in [-0.39, 0.29) is 11.5 Å². The van der Waals surface area contributed by atoms with Gasteiger partial charge in [0.25, 0.3) is 5.91 Å². The fraction of sp³-hybridized carbons (Fsp3) is 0.344. The highest BCUT2D eigenvalue weighted by Crippen LogP contribution is 2.39. The summed E-state index contributed by atoms with van der Waals surface area (Å²) >= 11 is 0. The lowest BCUT2D eigenvalue weighted by Gasteiger charge is -2.42. The van der Waals surface area contributed by atoms with Gasteiger partial charge in [-0.1, -0.05) is 55.8 Å². The van der Waals surface area contributed by atoms with Crippen LogP contribution in [0.4, 0.5) is 0 Å². The minimum absolute atomic E-state index is 0.0172. The van der Waals surface area contributed by atoms with Crippen LogP contribution in [-0.4, -0.2) is 42.7 Å². The van der Waals surface area contributed by atoms with Gasteiger partial charge in [-0.3, -0.25) is 4.79 Å². The van der Waals surface area contributed by atoms with Crippen molar-refractivity contribution in [2.45, 2.75) is 45.1 Å². The minimum Gasteiger partial charge on any atom is -0.490 e. The summed E-state index contributed by atoms with van der Waals surface area (Å²) < 4.78 is 18.2. The summed E-state index contributed by atoms with van der Waals surface area (Å²) in [5.41, 5.74) is 3.72. The number of likely N-dealkylation sites (tertiary alicyclic amines) is 1. The maximum atomic E-state index is 13.3.